The average Bonchev–Trinajstić information content (AvgIpc) is 2.32. The summed E-state index contributed by atoms with van der Waals surface area (Å²) in [5.74, 6) is -0.901. The van der Waals surface area contributed by atoms with Gasteiger partial charge in [-0.2, -0.15) is 0 Å². The van der Waals surface area contributed by atoms with Crippen LogP contribution in [0.4, 0.5) is 0 Å². The smallest absolute Gasteiger partial charge is 0.303 e. The van der Waals surface area contributed by atoms with Crippen LogP contribution in [-0.4, -0.2) is 26.0 Å². The van der Waals surface area contributed by atoms with E-state index < -0.39 is 21.4 Å². The molecule has 0 heterocycles. The van der Waals surface area contributed by atoms with E-state index in [1.54, 1.807) is 12.1 Å². The Labute approximate surface area is 123 Å². The largest absolute Gasteiger partial charge is 0.481 e. The van der Waals surface area contributed by atoms with Crippen molar-refractivity contribution in [3.8, 4) is 0 Å². The second-order valence-corrected chi connectivity index (χ2v) is 7.32. The van der Waals surface area contributed by atoms with E-state index in [1.807, 2.05) is 0 Å². The number of hydrogen-bond acceptors (Lipinski definition) is 3. The lowest BCUT2D eigenvalue weighted by Gasteiger charge is -2.40. The minimum absolute atomic E-state index is 0.0158. The number of aliphatic carboxylic acids is 1. The molecule has 2 N–H and O–H groups in total. The molecule has 1 aromatic rings. The van der Waals surface area contributed by atoms with Gasteiger partial charge in [-0.1, -0.05) is 30.2 Å². The van der Waals surface area contributed by atoms with Crippen LogP contribution in [0.25, 0.3) is 0 Å². The summed E-state index contributed by atoms with van der Waals surface area (Å²) in [5, 5.41) is 9.06. The number of carboxylic acid groups (broad SMARTS) is 1. The lowest BCUT2D eigenvalue weighted by Crippen LogP contribution is -2.43. The standard InChI is InChI=1S/C13H16ClNO4S/c14-10-4-1-2-5-11(10)20(18,19)15-9-13(6-3-7-13)8-12(16)17/h1-2,4-5,15H,3,6-9H2,(H,16,17). The minimum atomic E-state index is -3.71. The van der Waals surface area contributed by atoms with E-state index in [0.717, 1.165) is 19.3 Å². The summed E-state index contributed by atoms with van der Waals surface area (Å²) in [6.07, 6.45) is 2.37. The van der Waals surface area contributed by atoms with Crippen molar-refractivity contribution in [1.82, 2.24) is 4.72 Å². The Balaban J connectivity index is 2.10. The Morgan fingerprint density at radius 3 is 2.50 bits per heavy atom. The summed E-state index contributed by atoms with van der Waals surface area (Å²) >= 11 is 5.88. The monoisotopic (exact) mass is 317 g/mol. The highest BCUT2D eigenvalue weighted by atomic mass is 35.5. The second-order valence-electron chi connectivity index (χ2n) is 5.18. The Morgan fingerprint density at radius 2 is 2.00 bits per heavy atom. The van der Waals surface area contributed by atoms with Gasteiger partial charge in [0.2, 0.25) is 10.0 Å². The van der Waals surface area contributed by atoms with E-state index in [-0.39, 0.29) is 22.9 Å². The summed E-state index contributed by atoms with van der Waals surface area (Å²) in [7, 11) is -3.71. The highest BCUT2D eigenvalue weighted by Crippen LogP contribution is 2.43. The number of halogens is 1. The van der Waals surface area contributed by atoms with Gasteiger partial charge in [-0.25, -0.2) is 13.1 Å². The topological polar surface area (TPSA) is 83.5 Å². The van der Waals surface area contributed by atoms with E-state index in [1.165, 1.54) is 12.1 Å². The molecule has 1 aliphatic carbocycles. The summed E-state index contributed by atoms with van der Waals surface area (Å²) < 4.78 is 26.9. The average molecular weight is 318 g/mol. The molecule has 1 fully saturated rings. The molecule has 1 saturated carbocycles. The maximum Gasteiger partial charge on any atom is 0.303 e. The van der Waals surface area contributed by atoms with Gasteiger partial charge in [0.05, 0.1) is 11.4 Å². The number of rotatable bonds is 6. The number of sulfonamides is 1. The van der Waals surface area contributed by atoms with Crippen LogP contribution in [0.5, 0.6) is 0 Å². The lowest BCUT2D eigenvalue weighted by atomic mass is 9.67. The molecule has 1 aliphatic rings. The van der Waals surface area contributed by atoms with Gasteiger partial charge in [0, 0.05) is 6.54 Å². The maximum atomic E-state index is 12.2. The van der Waals surface area contributed by atoms with Crippen LogP contribution >= 0.6 is 11.6 Å². The number of hydrogen-bond donors (Lipinski definition) is 2. The maximum absolute atomic E-state index is 12.2. The van der Waals surface area contributed by atoms with Gasteiger partial charge >= 0.3 is 5.97 Å². The first-order chi connectivity index (χ1) is 9.35. The van der Waals surface area contributed by atoms with Crippen molar-refractivity contribution in [2.24, 2.45) is 5.41 Å². The predicted octanol–water partition coefficient (Wildman–Crippen LogP) is 2.26. The molecule has 20 heavy (non-hydrogen) atoms. The first-order valence-corrected chi connectivity index (χ1v) is 8.17. The molecule has 0 bridgehead atoms. The van der Waals surface area contributed by atoms with Gasteiger partial charge in [-0.15, -0.1) is 0 Å². The van der Waals surface area contributed by atoms with Crippen LogP contribution in [-0.2, 0) is 14.8 Å². The summed E-state index contributed by atoms with van der Waals surface area (Å²) in [6.45, 7) is 0.132. The number of carboxylic acids is 1. The minimum Gasteiger partial charge on any atom is -0.481 e. The fourth-order valence-electron chi connectivity index (χ4n) is 2.40. The Morgan fingerprint density at radius 1 is 1.35 bits per heavy atom. The first kappa shape index (κ1) is 15.3. The zero-order valence-electron chi connectivity index (χ0n) is 10.8. The molecule has 0 atom stereocenters. The number of carbonyl (C=O) groups is 1. The van der Waals surface area contributed by atoms with Crippen LogP contribution in [0.15, 0.2) is 29.2 Å². The van der Waals surface area contributed by atoms with Crippen LogP contribution in [0, 0.1) is 5.41 Å². The van der Waals surface area contributed by atoms with Crippen LogP contribution in [0.2, 0.25) is 5.02 Å². The van der Waals surface area contributed by atoms with Gasteiger partial charge < -0.3 is 5.11 Å². The van der Waals surface area contributed by atoms with Gasteiger partial charge in [0.1, 0.15) is 4.90 Å². The van der Waals surface area contributed by atoms with E-state index >= 15 is 0 Å². The highest BCUT2D eigenvalue weighted by Gasteiger charge is 2.40. The molecule has 1 aromatic carbocycles. The normalized spacial score (nSPS) is 17.4. The van der Waals surface area contributed by atoms with Crippen molar-refractivity contribution in [2.45, 2.75) is 30.6 Å². The van der Waals surface area contributed by atoms with E-state index in [2.05, 4.69) is 4.72 Å². The van der Waals surface area contributed by atoms with Crippen LogP contribution in [0.1, 0.15) is 25.7 Å². The zero-order valence-corrected chi connectivity index (χ0v) is 12.4. The third-order valence-electron chi connectivity index (χ3n) is 3.70. The molecule has 0 spiro atoms. The Bertz CT molecular complexity index is 611. The first-order valence-electron chi connectivity index (χ1n) is 6.31. The summed E-state index contributed by atoms with van der Waals surface area (Å²) in [4.78, 5) is 10.9. The molecule has 110 valence electrons. The SMILES string of the molecule is O=C(O)CC1(CNS(=O)(=O)c2ccccc2Cl)CCC1. The molecule has 5 nitrogen and oxygen atoms in total. The second kappa shape index (κ2) is 5.71. The molecular formula is C13H16ClNO4S. The fraction of sp³-hybridized carbons (Fsp3) is 0.462. The van der Waals surface area contributed by atoms with Crippen molar-refractivity contribution in [3.63, 3.8) is 0 Å². The fourth-order valence-corrected chi connectivity index (χ4v) is 4.08. The van der Waals surface area contributed by atoms with Gasteiger partial charge in [0.15, 0.2) is 0 Å². The third kappa shape index (κ3) is 3.31. The predicted molar refractivity (Wildman–Crippen MR) is 75.2 cm³/mol. The molecule has 7 heteroatoms. The number of benzene rings is 1. The highest BCUT2D eigenvalue weighted by molar-refractivity contribution is 7.89. The van der Waals surface area contributed by atoms with Crippen molar-refractivity contribution in [1.29, 1.82) is 0 Å². The van der Waals surface area contributed by atoms with Gasteiger partial charge in [-0.05, 0) is 30.4 Å². The van der Waals surface area contributed by atoms with Crippen molar-refractivity contribution < 1.29 is 18.3 Å². The van der Waals surface area contributed by atoms with E-state index in [4.69, 9.17) is 16.7 Å². The molecular weight excluding hydrogens is 302 g/mol. The van der Waals surface area contributed by atoms with E-state index in [9.17, 15) is 13.2 Å². The third-order valence-corrected chi connectivity index (χ3v) is 5.60. The van der Waals surface area contributed by atoms with E-state index in [0.29, 0.717) is 0 Å². The molecule has 0 aliphatic heterocycles. The van der Waals surface area contributed by atoms with Crippen LogP contribution < -0.4 is 4.72 Å². The number of nitrogens with one attached hydrogen (secondary N) is 1. The van der Waals surface area contributed by atoms with Crippen molar-refractivity contribution in [3.05, 3.63) is 29.3 Å². The molecule has 0 radical (unpaired) electrons. The molecule has 0 saturated heterocycles. The zero-order chi connectivity index (χ0) is 14.8. The molecule has 0 unspecified atom stereocenters. The van der Waals surface area contributed by atoms with Crippen molar-refractivity contribution >= 4 is 27.6 Å². The lowest BCUT2D eigenvalue weighted by molar-refractivity contribution is -0.141. The van der Waals surface area contributed by atoms with Crippen LogP contribution in [0.3, 0.4) is 0 Å². The van der Waals surface area contributed by atoms with Gasteiger partial charge in [0.25, 0.3) is 0 Å². The Kier molecular flexibility index (Phi) is 4.36. The quantitative estimate of drug-likeness (QED) is 0.843. The summed E-state index contributed by atoms with van der Waals surface area (Å²) in [6, 6.07) is 6.18. The summed E-state index contributed by atoms with van der Waals surface area (Å²) in [5.41, 5.74) is -0.458. The Hall–Kier alpha value is -1.11. The van der Waals surface area contributed by atoms with Gasteiger partial charge in [-0.3, -0.25) is 4.79 Å². The molecule has 2 rings (SSSR count). The molecule has 0 amide bonds. The van der Waals surface area contributed by atoms with Crippen molar-refractivity contribution in [2.75, 3.05) is 6.54 Å². The molecule has 0 aromatic heterocycles.